The zero-order valence-corrected chi connectivity index (χ0v) is 17.7. The Hall–Kier alpha value is -1.78. The van der Waals surface area contributed by atoms with Gasteiger partial charge in [-0.3, -0.25) is 10.9 Å². The lowest BCUT2D eigenvalue weighted by atomic mass is 10.1. The van der Waals surface area contributed by atoms with E-state index < -0.39 is 18.8 Å². The van der Waals surface area contributed by atoms with Gasteiger partial charge in [-0.1, -0.05) is 31.9 Å². The number of hydrazone groups is 2. The van der Waals surface area contributed by atoms with Crippen LogP contribution in [0.4, 0.5) is 11.4 Å². The van der Waals surface area contributed by atoms with Crippen LogP contribution in [0.3, 0.4) is 0 Å². The molecule has 7 nitrogen and oxygen atoms in total. The molecule has 2 rings (SSSR count). The molecule has 0 spiro atoms. The van der Waals surface area contributed by atoms with Crippen molar-refractivity contribution in [3.8, 4) is 0 Å². The fourth-order valence-corrected chi connectivity index (χ4v) is 2.62. The normalized spacial score (nSPS) is 14.2. The van der Waals surface area contributed by atoms with Crippen LogP contribution >= 0.6 is 31.9 Å². The zero-order chi connectivity index (χ0) is 19.6. The molecule has 0 amide bonds. The standard InChI is InChI=1S/C18H20Br2N4O3/c1-27-18(17(26)11-25)16(24-23-15-8-4-13(20)5-9-15)10-21-22-14-6-2-12(19)3-7-14/h2-10,17-18,22-23,25-26H,11H2,1H3/b21-10-,24-16+. The molecule has 2 aromatic rings. The summed E-state index contributed by atoms with van der Waals surface area (Å²) < 4.78 is 7.19. The number of nitrogens with zero attached hydrogens (tertiary/aromatic N) is 2. The lowest BCUT2D eigenvalue weighted by molar-refractivity contribution is -0.00276. The van der Waals surface area contributed by atoms with E-state index in [1.54, 1.807) is 0 Å². The Bertz CT molecular complexity index is 767. The highest BCUT2D eigenvalue weighted by Gasteiger charge is 2.23. The number of aliphatic hydroxyl groups is 2. The first-order valence-electron chi connectivity index (χ1n) is 7.99. The van der Waals surface area contributed by atoms with Gasteiger partial charge >= 0.3 is 0 Å². The van der Waals surface area contributed by atoms with Crippen LogP contribution in [0.15, 0.2) is 67.7 Å². The van der Waals surface area contributed by atoms with Gasteiger partial charge < -0.3 is 14.9 Å². The van der Waals surface area contributed by atoms with Crippen molar-refractivity contribution in [1.82, 2.24) is 0 Å². The highest BCUT2D eigenvalue weighted by atomic mass is 79.9. The number of benzene rings is 2. The molecule has 0 aliphatic heterocycles. The van der Waals surface area contributed by atoms with Gasteiger partial charge in [-0.2, -0.15) is 10.2 Å². The van der Waals surface area contributed by atoms with Gasteiger partial charge in [0.15, 0.2) is 0 Å². The van der Waals surface area contributed by atoms with Gasteiger partial charge in [0.05, 0.1) is 24.2 Å². The quantitative estimate of drug-likeness (QED) is 0.313. The Morgan fingerprint density at radius 1 is 1.04 bits per heavy atom. The van der Waals surface area contributed by atoms with Crippen molar-refractivity contribution in [2.45, 2.75) is 12.2 Å². The molecule has 0 radical (unpaired) electrons. The van der Waals surface area contributed by atoms with E-state index in [2.05, 4.69) is 52.9 Å². The SMILES string of the molecule is COC(C(/C=N\Nc1ccc(Br)cc1)=N/Nc1ccc(Br)cc1)C(O)CO. The number of rotatable bonds is 9. The summed E-state index contributed by atoms with van der Waals surface area (Å²) in [6, 6.07) is 14.9. The van der Waals surface area contributed by atoms with E-state index in [4.69, 9.17) is 4.74 Å². The first-order valence-corrected chi connectivity index (χ1v) is 9.57. The highest BCUT2D eigenvalue weighted by Crippen LogP contribution is 2.15. The number of ether oxygens (including phenoxy) is 1. The maximum Gasteiger partial charge on any atom is 0.130 e. The average Bonchev–Trinajstić information content (AvgIpc) is 2.68. The minimum absolute atomic E-state index is 0.312. The summed E-state index contributed by atoms with van der Waals surface area (Å²) in [7, 11) is 1.43. The summed E-state index contributed by atoms with van der Waals surface area (Å²) in [5.41, 5.74) is 7.61. The van der Waals surface area contributed by atoms with Gasteiger partial charge in [-0.25, -0.2) is 0 Å². The molecule has 0 aromatic heterocycles. The van der Waals surface area contributed by atoms with Crippen molar-refractivity contribution >= 4 is 55.2 Å². The number of methoxy groups -OCH3 is 1. The fraction of sp³-hybridized carbons (Fsp3) is 0.222. The Morgan fingerprint density at radius 3 is 2.04 bits per heavy atom. The molecule has 0 saturated heterocycles. The lowest BCUT2D eigenvalue weighted by Gasteiger charge is -2.19. The average molecular weight is 500 g/mol. The van der Waals surface area contributed by atoms with E-state index in [0.717, 1.165) is 20.3 Å². The first kappa shape index (κ1) is 21.5. The van der Waals surface area contributed by atoms with Crippen LogP contribution < -0.4 is 10.9 Å². The number of halogens is 2. The van der Waals surface area contributed by atoms with Crippen LogP contribution in [0, 0.1) is 0 Å². The molecule has 0 saturated carbocycles. The Morgan fingerprint density at radius 2 is 1.56 bits per heavy atom. The minimum Gasteiger partial charge on any atom is -0.394 e. The zero-order valence-electron chi connectivity index (χ0n) is 14.5. The molecule has 0 heterocycles. The van der Waals surface area contributed by atoms with Crippen LogP contribution in [-0.4, -0.2) is 48.1 Å². The van der Waals surface area contributed by atoms with Crippen LogP contribution in [0.25, 0.3) is 0 Å². The van der Waals surface area contributed by atoms with E-state index in [0.29, 0.717) is 5.71 Å². The van der Waals surface area contributed by atoms with Crippen LogP contribution in [0.2, 0.25) is 0 Å². The van der Waals surface area contributed by atoms with E-state index in [9.17, 15) is 10.2 Å². The van der Waals surface area contributed by atoms with Gasteiger partial charge in [-0.05, 0) is 48.5 Å². The molecule has 0 aliphatic carbocycles. The first-order chi connectivity index (χ1) is 13.0. The molecule has 144 valence electrons. The van der Waals surface area contributed by atoms with Gasteiger partial charge in [0.25, 0.3) is 0 Å². The molecule has 2 unspecified atom stereocenters. The van der Waals surface area contributed by atoms with E-state index in [-0.39, 0.29) is 0 Å². The molecule has 4 N–H and O–H groups in total. The summed E-state index contributed by atoms with van der Waals surface area (Å²) in [4.78, 5) is 0. The predicted octanol–water partition coefficient (Wildman–Crippen LogP) is 3.45. The van der Waals surface area contributed by atoms with Crippen molar-refractivity contribution < 1.29 is 14.9 Å². The summed E-state index contributed by atoms with van der Waals surface area (Å²) in [5, 5.41) is 27.7. The summed E-state index contributed by atoms with van der Waals surface area (Å²) in [6.07, 6.45) is -0.561. The molecule has 27 heavy (non-hydrogen) atoms. The van der Waals surface area contributed by atoms with Gasteiger partial charge in [-0.15, -0.1) is 0 Å². The number of anilines is 2. The van der Waals surface area contributed by atoms with Crippen LogP contribution in [-0.2, 0) is 4.74 Å². The van der Waals surface area contributed by atoms with Crippen molar-refractivity contribution in [2.75, 3.05) is 24.6 Å². The van der Waals surface area contributed by atoms with Gasteiger partial charge in [0, 0.05) is 16.1 Å². The topological polar surface area (TPSA) is 98.5 Å². The molecule has 0 fully saturated rings. The minimum atomic E-state index is -1.14. The summed E-state index contributed by atoms with van der Waals surface area (Å²) in [5.74, 6) is 0. The molecule has 0 bridgehead atoms. The van der Waals surface area contributed by atoms with Crippen molar-refractivity contribution in [3.05, 3.63) is 57.5 Å². The Labute approximate surface area is 174 Å². The van der Waals surface area contributed by atoms with E-state index >= 15 is 0 Å². The van der Waals surface area contributed by atoms with Crippen LogP contribution in [0.5, 0.6) is 0 Å². The number of aliphatic hydroxyl groups excluding tert-OH is 2. The largest absolute Gasteiger partial charge is 0.394 e. The predicted molar refractivity (Wildman–Crippen MR) is 115 cm³/mol. The molecule has 2 aromatic carbocycles. The fourth-order valence-electron chi connectivity index (χ4n) is 2.09. The third-order valence-corrected chi connectivity index (χ3v) is 4.53. The maximum absolute atomic E-state index is 9.99. The molecular formula is C18H20Br2N4O3. The summed E-state index contributed by atoms with van der Waals surface area (Å²) in [6.45, 7) is -0.468. The van der Waals surface area contributed by atoms with Crippen LogP contribution in [0.1, 0.15) is 0 Å². The lowest BCUT2D eigenvalue weighted by Crippen LogP contribution is -2.39. The second kappa shape index (κ2) is 11.2. The van der Waals surface area contributed by atoms with E-state index in [1.807, 2.05) is 48.5 Å². The molecule has 2 atom stereocenters. The van der Waals surface area contributed by atoms with Crippen molar-refractivity contribution in [1.29, 1.82) is 0 Å². The van der Waals surface area contributed by atoms with Crippen molar-refractivity contribution in [3.63, 3.8) is 0 Å². The number of hydrogen-bond acceptors (Lipinski definition) is 7. The number of hydrogen-bond donors (Lipinski definition) is 4. The number of nitrogens with one attached hydrogen (secondary N) is 2. The summed E-state index contributed by atoms with van der Waals surface area (Å²) >= 11 is 6.74. The van der Waals surface area contributed by atoms with Crippen molar-refractivity contribution in [2.24, 2.45) is 10.2 Å². The van der Waals surface area contributed by atoms with E-state index in [1.165, 1.54) is 13.3 Å². The second-order valence-electron chi connectivity index (χ2n) is 5.44. The molecule has 9 heteroatoms. The third-order valence-electron chi connectivity index (χ3n) is 3.47. The van der Waals surface area contributed by atoms with Gasteiger partial charge in [0.2, 0.25) is 0 Å². The monoisotopic (exact) mass is 498 g/mol. The second-order valence-corrected chi connectivity index (χ2v) is 7.27. The smallest absolute Gasteiger partial charge is 0.130 e. The third kappa shape index (κ3) is 7.04. The maximum atomic E-state index is 9.99. The molecular weight excluding hydrogens is 480 g/mol. The molecule has 0 aliphatic rings. The Balaban J connectivity index is 2.16. The Kier molecular flexibility index (Phi) is 8.89. The highest BCUT2D eigenvalue weighted by molar-refractivity contribution is 9.10. The van der Waals surface area contributed by atoms with Gasteiger partial charge in [0.1, 0.15) is 17.9 Å².